The van der Waals surface area contributed by atoms with Crippen LogP contribution in [0.5, 0.6) is 0 Å². The molecule has 6 N–H and O–H groups in total. The molecule has 1 aliphatic heterocycles. The van der Waals surface area contributed by atoms with Crippen molar-refractivity contribution in [3.05, 3.63) is 66.2 Å². The van der Waals surface area contributed by atoms with Crippen molar-refractivity contribution in [2.75, 3.05) is 11.1 Å². The van der Waals surface area contributed by atoms with Crippen LogP contribution in [-0.2, 0) is 4.74 Å². The van der Waals surface area contributed by atoms with Crippen LogP contribution in [0.15, 0.2) is 55.0 Å². The molecule has 2 aliphatic rings. The van der Waals surface area contributed by atoms with Gasteiger partial charge < -0.3 is 26.6 Å². The normalized spacial score (nSPS) is 26.5. The first kappa shape index (κ1) is 21.4. The molecule has 4 unspecified atom stereocenters. The molecule has 4 atom stereocenters. The minimum atomic E-state index is -0.991. The lowest BCUT2D eigenvalue weighted by Crippen LogP contribution is -2.58. The third-order valence-electron chi connectivity index (χ3n) is 6.58. The van der Waals surface area contributed by atoms with E-state index in [9.17, 15) is 9.90 Å². The second-order valence-electron chi connectivity index (χ2n) is 8.61. The number of benzene rings is 1. The monoisotopic (exact) mass is 446 g/mol. The highest BCUT2D eigenvalue weighted by Crippen LogP contribution is 2.45. The molecule has 1 saturated carbocycles. The lowest BCUT2D eigenvalue weighted by atomic mass is 9.83. The number of carbonyl (C=O) groups is 1. The molecule has 1 aliphatic carbocycles. The number of pyridine rings is 1. The Morgan fingerprint density at radius 2 is 2.03 bits per heavy atom. The summed E-state index contributed by atoms with van der Waals surface area (Å²) in [7, 11) is 0. The van der Waals surface area contributed by atoms with E-state index in [0.29, 0.717) is 24.2 Å². The number of aromatic nitrogens is 3. The predicted octanol–water partition coefficient (Wildman–Crippen LogP) is 2.45. The Hall–Kier alpha value is -3.40. The first-order chi connectivity index (χ1) is 16.0. The first-order valence-corrected chi connectivity index (χ1v) is 11.0. The standard InChI is InChI=1S/C24H26N6O3/c25-19-11-18(33-20-7-4-9-24(19,20)32)15-8-10-27-12-17(15)30-23(31)21-22(26)28-13-16(29-21)14-5-2-1-3-6-14/h1-3,5-6,8,10,12-13,18-20,32H,4,7,9,11,25H2,(H2,26,28)(H,30,31). The van der Waals surface area contributed by atoms with Crippen molar-refractivity contribution in [1.29, 1.82) is 0 Å². The average molecular weight is 447 g/mol. The molecule has 9 nitrogen and oxygen atoms in total. The van der Waals surface area contributed by atoms with Gasteiger partial charge in [-0.3, -0.25) is 9.78 Å². The number of hydrogen-bond donors (Lipinski definition) is 4. The first-order valence-electron chi connectivity index (χ1n) is 11.0. The van der Waals surface area contributed by atoms with Crippen LogP contribution >= 0.6 is 0 Å². The Morgan fingerprint density at radius 3 is 2.85 bits per heavy atom. The maximum atomic E-state index is 13.1. The van der Waals surface area contributed by atoms with E-state index in [2.05, 4.69) is 20.3 Å². The number of nitrogens with one attached hydrogen (secondary N) is 1. The number of ether oxygens (including phenoxy) is 1. The van der Waals surface area contributed by atoms with E-state index >= 15 is 0 Å². The summed E-state index contributed by atoms with van der Waals surface area (Å²) in [6.07, 6.45) is 6.74. The van der Waals surface area contributed by atoms with Gasteiger partial charge in [-0.25, -0.2) is 9.97 Å². The molecule has 1 aromatic carbocycles. The quantitative estimate of drug-likeness (QED) is 0.477. The Balaban J connectivity index is 1.41. The molecule has 1 amide bonds. The molecule has 0 spiro atoms. The molecule has 3 aromatic rings. The predicted molar refractivity (Wildman–Crippen MR) is 123 cm³/mol. The van der Waals surface area contributed by atoms with Crippen LogP contribution in [0.2, 0.25) is 0 Å². The Kier molecular flexibility index (Phi) is 5.53. The second-order valence-corrected chi connectivity index (χ2v) is 8.61. The van der Waals surface area contributed by atoms with Crippen LogP contribution in [0.3, 0.4) is 0 Å². The van der Waals surface area contributed by atoms with E-state index in [1.807, 2.05) is 30.3 Å². The molecule has 0 radical (unpaired) electrons. The fourth-order valence-corrected chi connectivity index (χ4v) is 4.77. The van der Waals surface area contributed by atoms with Crippen LogP contribution in [0.25, 0.3) is 11.3 Å². The van der Waals surface area contributed by atoms with Gasteiger partial charge in [0.2, 0.25) is 0 Å². The number of nitrogens with two attached hydrogens (primary N) is 2. The molecule has 33 heavy (non-hydrogen) atoms. The third kappa shape index (κ3) is 3.95. The van der Waals surface area contributed by atoms with Gasteiger partial charge in [-0.05, 0) is 31.7 Å². The van der Waals surface area contributed by atoms with Gasteiger partial charge in [-0.15, -0.1) is 0 Å². The van der Waals surface area contributed by atoms with Gasteiger partial charge in [-0.1, -0.05) is 30.3 Å². The van der Waals surface area contributed by atoms with Crippen molar-refractivity contribution < 1.29 is 14.6 Å². The molecule has 170 valence electrons. The summed E-state index contributed by atoms with van der Waals surface area (Å²) in [4.78, 5) is 25.9. The number of hydrogen-bond acceptors (Lipinski definition) is 8. The summed E-state index contributed by atoms with van der Waals surface area (Å²) in [5, 5.41) is 13.8. The summed E-state index contributed by atoms with van der Waals surface area (Å²) in [5.41, 5.74) is 14.0. The van der Waals surface area contributed by atoms with E-state index in [1.54, 1.807) is 18.5 Å². The number of nitrogen functional groups attached to an aromatic ring is 1. The number of anilines is 2. The number of amides is 1. The van der Waals surface area contributed by atoms with E-state index < -0.39 is 17.6 Å². The molecule has 9 heteroatoms. The van der Waals surface area contributed by atoms with Gasteiger partial charge in [0.1, 0.15) is 5.60 Å². The van der Waals surface area contributed by atoms with Crippen LogP contribution in [0.4, 0.5) is 11.5 Å². The van der Waals surface area contributed by atoms with Crippen molar-refractivity contribution >= 4 is 17.4 Å². The van der Waals surface area contributed by atoms with E-state index in [-0.39, 0.29) is 23.7 Å². The van der Waals surface area contributed by atoms with Crippen LogP contribution in [-0.4, -0.2) is 43.7 Å². The summed E-state index contributed by atoms with van der Waals surface area (Å²) in [5.74, 6) is -0.464. The lowest BCUT2D eigenvalue weighted by molar-refractivity contribution is -0.171. The smallest absolute Gasteiger partial charge is 0.278 e. The van der Waals surface area contributed by atoms with E-state index in [0.717, 1.165) is 24.0 Å². The van der Waals surface area contributed by atoms with Crippen molar-refractivity contribution in [1.82, 2.24) is 15.0 Å². The molecule has 3 heterocycles. The Morgan fingerprint density at radius 1 is 1.21 bits per heavy atom. The third-order valence-corrected chi connectivity index (χ3v) is 6.58. The highest BCUT2D eigenvalue weighted by molar-refractivity contribution is 6.06. The van der Waals surface area contributed by atoms with Crippen LogP contribution < -0.4 is 16.8 Å². The zero-order valence-electron chi connectivity index (χ0n) is 18.0. The van der Waals surface area contributed by atoms with Crippen molar-refractivity contribution in [3.8, 4) is 11.3 Å². The van der Waals surface area contributed by atoms with E-state index in [1.165, 1.54) is 6.20 Å². The molecule has 5 rings (SSSR count). The summed E-state index contributed by atoms with van der Waals surface area (Å²) in [6.45, 7) is 0. The largest absolute Gasteiger partial charge is 0.386 e. The number of carbonyl (C=O) groups excluding carboxylic acids is 1. The molecule has 2 fully saturated rings. The molecule has 2 aromatic heterocycles. The SMILES string of the molecule is Nc1ncc(-c2ccccc2)nc1C(=O)Nc1cnccc1C1CC(N)C2(O)CCCC2O1. The maximum absolute atomic E-state index is 13.1. The summed E-state index contributed by atoms with van der Waals surface area (Å²) in [6, 6.07) is 10.8. The highest BCUT2D eigenvalue weighted by atomic mass is 16.5. The van der Waals surface area contributed by atoms with E-state index in [4.69, 9.17) is 16.2 Å². The van der Waals surface area contributed by atoms with Gasteiger partial charge in [-0.2, -0.15) is 0 Å². The van der Waals surface area contributed by atoms with Crippen molar-refractivity contribution in [2.45, 2.75) is 49.5 Å². The molecule has 0 bridgehead atoms. The average Bonchev–Trinajstić information content (AvgIpc) is 3.22. The number of fused-ring (bicyclic) bond motifs is 1. The number of aliphatic hydroxyl groups is 1. The minimum Gasteiger partial charge on any atom is -0.386 e. The van der Waals surface area contributed by atoms with Gasteiger partial charge >= 0.3 is 0 Å². The maximum Gasteiger partial charge on any atom is 0.278 e. The van der Waals surface area contributed by atoms with Gasteiger partial charge in [0.15, 0.2) is 11.5 Å². The zero-order chi connectivity index (χ0) is 23.0. The number of rotatable bonds is 4. The lowest BCUT2D eigenvalue weighted by Gasteiger charge is -2.43. The Bertz CT molecular complexity index is 1170. The minimum absolute atomic E-state index is 0.0255. The van der Waals surface area contributed by atoms with Crippen LogP contribution in [0.1, 0.15) is 47.8 Å². The van der Waals surface area contributed by atoms with Gasteiger partial charge in [0.25, 0.3) is 5.91 Å². The fourth-order valence-electron chi connectivity index (χ4n) is 4.77. The van der Waals surface area contributed by atoms with Crippen molar-refractivity contribution in [2.24, 2.45) is 5.73 Å². The van der Waals surface area contributed by atoms with Gasteiger partial charge in [0.05, 0.1) is 36.0 Å². The summed E-state index contributed by atoms with van der Waals surface area (Å²) >= 11 is 0. The van der Waals surface area contributed by atoms with Crippen molar-refractivity contribution in [3.63, 3.8) is 0 Å². The Labute approximate surface area is 191 Å². The topological polar surface area (TPSA) is 149 Å². The number of nitrogens with zero attached hydrogens (tertiary/aromatic N) is 3. The van der Waals surface area contributed by atoms with Crippen LogP contribution in [0, 0.1) is 0 Å². The molecular weight excluding hydrogens is 420 g/mol. The van der Waals surface area contributed by atoms with Gasteiger partial charge in [0, 0.05) is 23.4 Å². The highest BCUT2D eigenvalue weighted by Gasteiger charge is 2.51. The second kappa shape index (κ2) is 8.51. The summed E-state index contributed by atoms with van der Waals surface area (Å²) < 4.78 is 6.24. The molecule has 1 saturated heterocycles. The zero-order valence-corrected chi connectivity index (χ0v) is 18.0. The molecular formula is C24H26N6O3. The fraction of sp³-hybridized carbons (Fsp3) is 0.333.